The number of nitrogens with one attached hydrogen (secondary N) is 1. The van der Waals surface area contributed by atoms with Crippen LogP contribution >= 0.6 is 0 Å². The van der Waals surface area contributed by atoms with Gasteiger partial charge in [-0.15, -0.1) is 0 Å². The average molecular weight is 428 g/mol. The molecule has 1 amide bonds. The van der Waals surface area contributed by atoms with Crippen molar-refractivity contribution >= 4 is 23.2 Å². The molecule has 0 saturated heterocycles. The fraction of sp³-hybridized carbons (Fsp3) is 0.0476. The summed E-state index contributed by atoms with van der Waals surface area (Å²) in [6.07, 6.45) is -5.14. The van der Waals surface area contributed by atoms with E-state index in [2.05, 4.69) is 10.1 Å². The molecule has 6 nitrogen and oxygen atoms in total. The minimum Gasteiger partial charge on any atom is -0.301 e. The minimum absolute atomic E-state index is 0.00756. The van der Waals surface area contributed by atoms with Gasteiger partial charge in [0.1, 0.15) is 17.2 Å². The molecule has 31 heavy (non-hydrogen) atoms. The summed E-state index contributed by atoms with van der Waals surface area (Å²) in [4.78, 5) is 28.2. The second kappa shape index (κ2) is 7.63. The lowest BCUT2D eigenvalue weighted by Gasteiger charge is -2.09. The van der Waals surface area contributed by atoms with Gasteiger partial charge < -0.3 is 5.32 Å². The van der Waals surface area contributed by atoms with Crippen LogP contribution in [0, 0.1) is 5.82 Å². The highest BCUT2D eigenvalue weighted by Crippen LogP contribution is 2.30. The van der Waals surface area contributed by atoms with E-state index in [1.54, 1.807) is 35.6 Å². The van der Waals surface area contributed by atoms with E-state index in [0.29, 0.717) is 5.56 Å². The normalized spacial score (nSPS) is 11.5. The molecule has 2 aromatic heterocycles. The maximum Gasteiger partial charge on any atom is 0.471 e. The third-order valence-electron chi connectivity index (χ3n) is 4.35. The first-order valence-corrected chi connectivity index (χ1v) is 8.87. The number of rotatable bonds is 4. The van der Waals surface area contributed by atoms with Gasteiger partial charge in [-0.25, -0.2) is 13.9 Å². The Morgan fingerprint density at radius 1 is 0.903 bits per heavy atom. The summed E-state index contributed by atoms with van der Waals surface area (Å²) in [6, 6.07) is 15.9. The van der Waals surface area contributed by atoms with Crippen LogP contribution < -0.4 is 5.32 Å². The van der Waals surface area contributed by atoms with Crippen LogP contribution in [0.1, 0.15) is 16.1 Å². The molecule has 0 saturated carbocycles. The van der Waals surface area contributed by atoms with E-state index in [-0.39, 0.29) is 22.6 Å². The molecular formula is C21H12F4N4O2. The van der Waals surface area contributed by atoms with Gasteiger partial charge in [0.15, 0.2) is 11.5 Å². The van der Waals surface area contributed by atoms with Gasteiger partial charge in [-0.1, -0.05) is 30.3 Å². The monoisotopic (exact) mass is 428 g/mol. The molecule has 0 fully saturated rings. The zero-order valence-electron chi connectivity index (χ0n) is 15.5. The van der Waals surface area contributed by atoms with Crippen molar-refractivity contribution < 1.29 is 27.2 Å². The summed E-state index contributed by atoms with van der Waals surface area (Å²) in [5.74, 6) is -3.63. The average Bonchev–Trinajstić information content (AvgIpc) is 3.10. The summed E-state index contributed by atoms with van der Waals surface area (Å²) in [7, 11) is 0. The van der Waals surface area contributed by atoms with Crippen molar-refractivity contribution in [3.05, 3.63) is 83.8 Å². The molecule has 156 valence electrons. The number of amides is 1. The molecule has 4 aromatic rings. The maximum atomic E-state index is 13.4. The molecule has 0 unspecified atom stereocenters. The van der Waals surface area contributed by atoms with Gasteiger partial charge in [0, 0.05) is 11.1 Å². The molecule has 10 heteroatoms. The number of carbonyl (C=O) groups is 2. The summed E-state index contributed by atoms with van der Waals surface area (Å²) in [5, 5.41) is 5.94. The Morgan fingerprint density at radius 2 is 1.58 bits per heavy atom. The standard InChI is InChI=1S/C21H12F4N4O2/c22-14-8-6-12(7-9-14)17-19(27-20(31)21(23,24)25)26-16-11-10-15(28-29(16)17)18(30)13-4-2-1-3-5-13/h1-11H,(H,27,31). The second-order valence-corrected chi connectivity index (χ2v) is 6.45. The molecular weight excluding hydrogens is 416 g/mol. The molecule has 0 radical (unpaired) electrons. The Hall–Kier alpha value is -4.08. The van der Waals surface area contributed by atoms with Crippen LogP contribution in [0.4, 0.5) is 23.4 Å². The lowest BCUT2D eigenvalue weighted by Crippen LogP contribution is -2.30. The van der Waals surface area contributed by atoms with Crippen LogP contribution in [0.2, 0.25) is 0 Å². The molecule has 1 N–H and O–H groups in total. The molecule has 0 aliphatic carbocycles. The van der Waals surface area contributed by atoms with Crippen LogP contribution in [0.25, 0.3) is 16.9 Å². The van der Waals surface area contributed by atoms with Crippen molar-refractivity contribution in [1.82, 2.24) is 14.6 Å². The number of imidazole rings is 1. The summed E-state index contributed by atoms with van der Waals surface area (Å²) in [6.45, 7) is 0. The third kappa shape index (κ3) is 4.00. The second-order valence-electron chi connectivity index (χ2n) is 6.45. The summed E-state index contributed by atoms with van der Waals surface area (Å²) < 4.78 is 52.8. The largest absolute Gasteiger partial charge is 0.471 e. The van der Waals surface area contributed by atoms with Gasteiger partial charge in [-0.05, 0) is 36.4 Å². The van der Waals surface area contributed by atoms with Crippen LogP contribution in [-0.4, -0.2) is 32.5 Å². The van der Waals surface area contributed by atoms with E-state index >= 15 is 0 Å². The van der Waals surface area contributed by atoms with Crippen molar-refractivity contribution in [3.63, 3.8) is 0 Å². The third-order valence-corrected chi connectivity index (χ3v) is 4.35. The number of nitrogens with zero attached hydrogens (tertiary/aromatic N) is 3. The van der Waals surface area contributed by atoms with E-state index in [1.807, 2.05) is 0 Å². The smallest absolute Gasteiger partial charge is 0.301 e. The first-order valence-electron chi connectivity index (χ1n) is 8.87. The quantitative estimate of drug-likeness (QED) is 0.389. The maximum absolute atomic E-state index is 13.4. The molecule has 0 spiro atoms. The van der Waals surface area contributed by atoms with Crippen molar-refractivity contribution in [2.75, 3.05) is 5.32 Å². The Bertz CT molecular complexity index is 1280. The number of hydrogen-bond donors (Lipinski definition) is 1. The number of ketones is 1. The van der Waals surface area contributed by atoms with Crippen molar-refractivity contribution in [2.24, 2.45) is 0 Å². The van der Waals surface area contributed by atoms with E-state index in [4.69, 9.17) is 0 Å². The van der Waals surface area contributed by atoms with Crippen LogP contribution in [0.5, 0.6) is 0 Å². The number of carbonyl (C=O) groups excluding carboxylic acids is 2. The van der Waals surface area contributed by atoms with Crippen molar-refractivity contribution in [3.8, 4) is 11.3 Å². The summed E-state index contributed by atoms with van der Waals surface area (Å²) >= 11 is 0. The predicted molar refractivity (Wildman–Crippen MR) is 103 cm³/mol. The van der Waals surface area contributed by atoms with E-state index in [1.165, 1.54) is 24.3 Å². The number of halogens is 4. The number of hydrogen-bond acceptors (Lipinski definition) is 4. The van der Waals surface area contributed by atoms with E-state index < -0.39 is 29.5 Å². The Labute approximate surface area is 172 Å². The first-order chi connectivity index (χ1) is 14.7. The highest BCUT2D eigenvalue weighted by molar-refractivity contribution is 6.07. The predicted octanol–water partition coefficient (Wildman–Crippen LogP) is 4.27. The van der Waals surface area contributed by atoms with E-state index in [9.17, 15) is 27.2 Å². The SMILES string of the molecule is O=C(c1ccccc1)c1ccc2nc(NC(=O)C(F)(F)F)c(-c3ccc(F)cc3)n2n1. The number of alkyl halides is 3. The molecule has 4 rings (SSSR count). The molecule has 2 heterocycles. The van der Waals surface area contributed by atoms with Gasteiger partial charge >= 0.3 is 12.1 Å². The number of anilines is 1. The molecule has 0 aliphatic heterocycles. The first kappa shape index (κ1) is 20.2. The van der Waals surface area contributed by atoms with Crippen molar-refractivity contribution in [2.45, 2.75) is 6.18 Å². The highest BCUT2D eigenvalue weighted by Gasteiger charge is 2.39. The van der Waals surface area contributed by atoms with Crippen molar-refractivity contribution in [1.29, 1.82) is 0 Å². The van der Waals surface area contributed by atoms with Gasteiger partial charge in [-0.3, -0.25) is 9.59 Å². The molecule has 0 aliphatic rings. The highest BCUT2D eigenvalue weighted by atomic mass is 19.4. The van der Waals surface area contributed by atoms with E-state index in [0.717, 1.165) is 16.6 Å². The molecule has 0 bridgehead atoms. The van der Waals surface area contributed by atoms with Gasteiger partial charge in [0.2, 0.25) is 5.78 Å². The molecule has 2 aromatic carbocycles. The topological polar surface area (TPSA) is 76.4 Å². The lowest BCUT2D eigenvalue weighted by molar-refractivity contribution is -0.167. The number of benzene rings is 2. The Balaban J connectivity index is 1.87. The van der Waals surface area contributed by atoms with Crippen LogP contribution in [0.3, 0.4) is 0 Å². The van der Waals surface area contributed by atoms with Crippen LogP contribution in [-0.2, 0) is 4.79 Å². The van der Waals surface area contributed by atoms with Crippen LogP contribution in [0.15, 0.2) is 66.7 Å². The zero-order chi connectivity index (χ0) is 22.2. The minimum atomic E-state index is -5.14. The fourth-order valence-electron chi connectivity index (χ4n) is 2.92. The van der Waals surface area contributed by atoms with Gasteiger partial charge in [0.25, 0.3) is 0 Å². The van der Waals surface area contributed by atoms with Gasteiger partial charge in [-0.2, -0.15) is 18.3 Å². The lowest BCUT2D eigenvalue weighted by atomic mass is 10.1. The number of aromatic nitrogens is 3. The fourth-order valence-corrected chi connectivity index (χ4v) is 2.92. The Morgan fingerprint density at radius 3 is 2.23 bits per heavy atom. The number of fused-ring (bicyclic) bond motifs is 1. The van der Waals surface area contributed by atoms with Gasteiger partial charge in [0.05, 0.1) is 0 Å². The molecule has 0 atom stereocenters. The Kier molecular flexibility index (Phi) is 4.97. The summed E-state index contributed by atoms with van der Waals surface area (Å²) in [5.41, 5.74) is 0.663. The zero-order valence-corrected chi connectivity index (χ0v) is 15.5.